The van der Waals surface area contributed by atoms with Gasteiger partial charge in [-0.1, -0.05) is 48.5 Å². The molecule has 2 aromatic heterocycles. The molecular weight excluding hydrogens is 336 g/mol. The monoisotopic (exact) mass is 356 g/mol. The first kappa shape index (κ1) is 17.0. The highest BCUT2D eigenvalue weighted by molar-refractivity contribution is 6.09. The van der Waals surface area contributed by atoms with Gasteiger partial charge in [0.2, 0.25) is 0 Å². The molecule has 0 aliphatic heterocycles. The first-order valence-corrected chi connectivity index (χ1v) is 8.92. The number of carbonyl (C=O) groups is 1. The molecule has 0 spiro atoms. The number of carbonyl (C=O) groups excluding carboxylic acids is 1. The summed E-state index contributed by atoms with van der Waals surface area (Å²) in [6.45, 7) is 4.12. The Kier molecular flexibility index (Phi) is 4.42. The second-order valence-corrected chi connectivity index (χ2v) is 6.69. The van der Waals surface area contributed by atoms with Crippen molar-refractivity contribution in [2.75, 3.05) is 5.32 Å². The lowest BCUT2D eigenvalue weighted by molar-refractivity contribution is 0.102. The molecule has 134 valence electrons. The Bertz CT molecular complexity index is 1100. The smallest absolute Gasteiger partial charge is 0.256 e. The minimum absolute atomic E-state index is 0.160. The highest BCUT2D eigenvalue weighted by atomic mass is 16.1. The number of hydrogen-bond donors (Lipinski definition) is 1. The van der Waals surface area contributed by atoms with Crippen LogP contribution in [0.4, 0.5) is 5.69 Å². The van der Waals surface area contributed by atoms with Gasteiger partial charge in [0.1, 0.15) is 0 Å². The number of benzene rings is 2. The van der Waals surface area contributed by atoms with E-state index in [9.17, 15) is 4.79 Å². The van der Waals surface area contributed by atoms with E-state index in [0.29, 0.717) is 11.3 Å². The van der Waals surface area contributed by atoms with Gasteiger partial charge >= 0.3 is 0 Å². The molecule has 1 N–H and O–H groups in total. The van der Waals surface area contributed by atoms with Gasteiger partial charge in [-0.25, -0.2) is 9.67 Å². The summed E-state index contributed by atoms with van der Waals surface area (Å²) in [6.07, 6.45) is 3.45. The van der Waals surface area contributed by atoms with E-state index in [0.717, 1.165) is 22.2 Å². The van der Waals surface area contributed by atoms with Crippen molar-refractivity contribution in [1.82, 2.24) is 14.8 Å². The van der Waals surface area contributed by atoms with Crippen LogP contribution in [0.15, 0.2) is 73.1 Å². The molecule has 2 aromatic carbocycles. The highest BCUT2D eigenvalue weighted by Crippen LogP contribution is 2.25. The molecule has 4 rings (SSSR count). The Morgan fingerprint density at radius 3 is 2.52 bits per heavy atom. The summed E-state index contributed by atoms with van der Waals surface area (Å²) in [6, 6.07) is 19.6. The van der Waals surface area contributed by atoms with Gasteiger partial charge in [0.15, 0.2) is 5.65 Å². The number of nitrogens with one attached hydrogen (secondary N) is 1. The van der Waals surface area contributed by atoms with Crippen LogP contribution in [-0.2, 0) is 0 Å². The fourth-order valence-electron chi connectivity index (χ4n) is 3.14. The Morgan fingerprint density at radius 2 is 1.74 bits per heavy atom. The van der Waals surface area contributed by atoms with E-state index in [4.69, 9.17) is 0 Å². The number of aromatic nitrogens is 3. The van der Waals surface area contributed by atoms with Crippen LogP contribution in [0, 0.1) is 0 Å². The minimum Gasteiger partial charge on any atom is -0.321 e. The average Bonchev–Trinajstić information content (AvgIpc) is 3.12. The van der Waals surface area contributed by atoms with Crippen molar-refractivity contribution in [3.63, 3.8) is 0 Å². The maximum atomic E-state index is 12.9. The SMILES string of the molecule is CC(C)n1ncc2cc(NC(=O)c3ccccc3-c3ccccc3)cnc21. The number of nitrogens with zero attached hydrogens (tertiary/aromatic N) is 3. The summed E-state index contributed by atoms with van der Waals surface area (Å²) >= 11 is 0. The van der Waals surface area contributed by atoms with E-state index in [1.54, 1.807) is 12.4 Å². The van der Waals surface area contributed by atoms with Crippen LogP contribution in [-0.4, -0.2) is 20.7 Å². The van der Waals surface area contributed by atoms with Crippen molar-refractivity contribution in [3.05, 3.63) is 78.6 Å². The maximum absolute atomic E-state index is 12.9. The van der Waals surface area contributed by atoms with Gasteiger partial charge in [0.25, 0.3) is 5.91 Å². The zero-order valence-corrected chi connectivity index (χ0v) is 15.3. The molecule has 0 aliphatic carbocycles. The van der Waals surface area contributed by atoms with Gasteiger partial charge in [-0.2, -0.15) is 5.10 Å². The van der Waals surface area contributed by atoms with Gasteiger partial charge in [-0.3, -0.25) is 4.79 Å². The third-order valence-electron chi connectivity index (χ3n) is 4.44. The summed E-state index contributed by atoms with van der Waals surface area (Å²) in [4.78, 5) is 17.4. The topological polar surface area (TPSA) is 59.8 Å². The Morgan fingerprint density at radius 1 is 1.00 bits per heavy atom. The molecule has 2 heterocycles. The van der Waals surface area contributed by atoms with Crippen LogP contribution in [0.2, 0.25) is 0 Å². The third-order valence-corrected chi connectivity index (χ3v) is 4.44. The van der Waals surface area contributed by atoms with E-state index < -0.39 is 0 Å². The van der Waals surface area contributed by atoms with Gasteiger partial charge < -0.3 is 5.32 Å². The first-order valence-electron chi connectivity index (χ1n) is 8.92. The lowest BCUT2D eigenvalue weighted by Crippen LogP contribution is -2.13. The quantitative estimate of drug-likeness (QED) is 0.564. The second kappa shape index (κ2) is 7.03. The van der Waals surface area contributed by atoms with Gasteiger partial charge in [-0.05, 0) is 37.1 Å². The Balaban J connectivity index is 1.65. The summed E-state index contributed by atoms with van der Waals surface area (Å²) in [5.41, 5.74) is 4.00. The van der Waals surface area contributed by atoms with E-state index in [1.807, 2.05) is 65.3 Å². The van der Waals surface area contributed by atoms with Gasteiger partial charge in [-0.15, -0.1) is 0 Å². The Hall–Kier alpha value is -3.47. The summed E-state index contributed by atoms with van der Waals surface area (Å²) in [7, 11) is 0. The van der Waals surface area contributed by atoms with Crippen molar-refractivity contribution in [3.8, 4) is 11.1 Å². The fraction of sp³-hybridized carbons (Fsp3) is 0.136. The van der Waals surface area contributed by atoms with Gasteiger partial charge in [0, 0.05) is 17.0 Å². The molecular formula is C22H20N4O. The largest absolute Gasteiger partial charge is 0.321 e. The molecule has 5 nitrogen and oxygen atoms in total. The average molecular weight is 356 g/mol. The number of hydrogen-bond acceptors (Lipinski definition) is 3. The summed E-state index contributed by atoms with van der Waals surface area (Å²) < 4.78 is 1.87. The molecule has 0 aliphatic rings. The molecule has 0 saturated heterocycles. The Labute approximate surface area is 157 Å². The number of fused-ring (bicyclic) bond motifs is 1. The number of rotatable bonds is 4. The second-order valence-electron chi connectivity index (χ2n) is 6.69. The number of pyridine rings is 1. The van der Waals surface area contributed by atoms with E-state index in [2.05, 4.69) is 29.2 Å². The number of amides is 1. The first-order chi connectivity index (χ1) is 13.1. The van der Waals surface area contributed by atoms with Crippen LogP contribution < -0.4 is 5.32 Å². The van der Waals surface area contributed by atoms with Crippen molar-refractivity contribution in [2.24, 2.45) is 0 Å². The number of anilines is 1. The molecule has 0 saturated carbocycles. The lowest BCUT2D eigenvalue weighted by atomic mass is 9.99. The zero-order valence-electron chi connectivity index (χ0n) is 15.3. The molecule has 0 bridgehead atoms. The molecule has 0 fully saturated rings. The summed E-state index contributed by atoms with van der Waals surface area (Å²) in [5, 5.41) is 8.23. The molecule has 27 heavy (non-hydrogen) atoms. The standard InChI is InChI=1S/C22H20N4O/c1-15(2)26-21-17(13-24-26)12-18(14-23-21)25-22(27)20-11-7-6-10-19(20)16-8-4-3-5-9-16/h3-15H,1-2H3,(H,25,27). The van der Waals surface area contributed by atoms with Crippen LogP contribution in [0.3, 0.4) is 0 Å². The fourth-order valence-corrected chi connectivity index (χ4v) is 3.14. The summed E-state index contributed by atoms with van der Waals surface area (Å²) in [5.74, 6) is -0.160. The van der Waals surface area contributed by atoms with Crippen LogP contribution in [0.5, 0.6) is 0 Å². The highest BCUT2D eigenvalue weighted by Gasteiger charge is 2.14. The van der Waals surface area contributed by atoms with Crippen molar-refractivity contribution in [2.45, 2.75) is 19.9 Å². The van der Waals surface area contributed by atoms with E-state index >= 15 is 0 Å². The molecule has 0 unspecified atom stereocenters. The van der Waals surface area contributed by atoms with Gasteiger partial charge in [0.05, 0.1) is 18.1 Å². The molecule has 0 atom stereocenters. The lowest BCUT2D eigenvalue weighted by Gasteiger charge is -2.11. The minimum atomic E-state index is -0.160. The maximum Gasteiger partial charge on any atom is 0.256 e. The predicted molar refractivity (Wildman–Crippen MR) is 108 cm³/mol. The van der Waals surface area contributed by atoms with Crippen molar-refractivity contribution >= 4 is 22.6 Å². The zero-order chi connectivity index (χ0) is 18.8. The molecule has 4 aromatic rings. The van der Waals surface area contributed by atoms with Crippen LogP contribution >= 0.6 is 0 Å². The van der Waals surface area contributed by atoms with Crippen LogP contribution in [0.25, 0.3) is 22.2 Å². The molecule has 1 amide bonds. The van der Waals surface area contributed by atoms with Crippen molar-refractivity contribution < 1.29 is 4.79 Å². The van der Waals surface area contributed by atoms with E-state index in [1.165, 1.54) is 0 Å². The third kappa shape index (κ3) is 3.31. The van der Waals surface area contributed by atoms with Crippen LogP contribution in [0.1, 0.15) is 30.2 Å². The van der Waals surface area contributed by atoms with E-state index in [-0.39, 0.29) is 11.9 Å². The van der Waals surface area contributed by atoms with Crippen molar-refractivity contribution in [1.29, 1.82) is 0 Å². The molecule has 0 radical (unpaired) electrons. The predicted octanol–water partition coefficient (Wildman–Crippen LogP) is 4.93. The normalized spacial score (nSPS) is 11.1. The molecule has 5 heteroatoms.